The van der Waals surface area contributed by atoms with Gasteiger partial charge in [-0.2, -0.15) is 0 Å². The van der Waals surface area contributed by atoms with E-state index in [0.717, 1.165) is 26.4 Å². The van der Waals surface area contributed by atoms with Crippen molar-refractivity contribution in [3.8, 4) is 0 Å². The van der Waals surface area contributed by atoms with Crippen LogP contribution in [-0.2, 0) is 0 Å². The molecular weight excluding hydrogens is 342 g/mol. The average Bonchev–Trinajstić information content (AvgIpc) is 3.08. The summed E-state index contributed by atoms with van der Waals surface area (Å²) in [6.45, 7) is 5.95. The number of thioether (sulfide) groups is 1. The van der Waals surface area contributed by atoms with Crippen LogP contribution in [0.2, 0.25) is 0 Å². The number of thiophene rings is 1. The van der Waals surface area contributed by atoms with Crippen LogP contribution in [0, 0.1) is 13.8 Å². The van der Waals surface area contributed by atoms with E-state index in [0.29, 0.717) is 16.4 Å². The lowest BCUT2D eigenvalue weighted by molar-refractivity contribution is 0.488. The van der Waals surface area contributed by atoms with Gasteiger partial charge in [0.2, 0.25) is 0 Å². The van der Waals surface area contributed by atoms with Gasteiger partial charge in [-0.1, -0.05) is 23.9 Å². The maximum absolute atomic E-state index is 12.4. The van der Waals surface area contributed by atoms with E-state index in [1.54, 1.807) is 11.3 Å². The molecule has 0 aliphatic heterocycles. The number of fused-ring (bicyclic) bond motifs is 2. The SMILES string of the molecule is Cc1sc2nc([C@@H](C)Sc3nc4ccccc4o3)[nH]c(=O)c2c1C. The fourth-order valence-corrected chi connectivity index (χ4v) is 4.42. The van der Waals surface area contributed by atoms with E-state index in [4.69, 9.17) is 4.42 Å². The molecule has 122 valence electrons. The van der Waals surface area contributed by atoms with E-state index in [1.165, 1.54) is 11.8 Å². The third kappa shape index (κ3) is 2.53. The molecule has 0 bridgehead atoms. The summed E-state index contributed by atoms with van der Waals surface area (Å²) < 4.78 is 5.74. The Morgan fingerprint density at radius 2 is 2.04 bits per heavy atom. The number of hydrogen-bond donors (Lipinski definition) is 1. The van der Waals surface area contributed by atoms with Gasteiger partial charge in [-0.3, -0.25) is 4.79 Å². The van der Waals surface area contributed by atoms with Crippen LogP contribution >= 0.6 is 23.1 Å². The first-order valence-corrected chi connectivity index (χ1v) is 9.24. The molecule has 0 radical (unpaired) electrons. The van der Waals surface area contributed by atoms with Crippen molar-refractivity contribution in [2.24, 2.45) is 0 Å². The van der Waals surface area contributed by atoms with Crippen molar-refractivity contribution in [3.05, 3.63) is 50.9 Å². The van der Waals surface area contributed by atoms with Crippen LogP contribution in [0.1, 0.15) is 28.4 Å². The summed E-state index contributed by atoms with van der Waals surface area (Å²) in [4.78, 5) is 26.3. The molecule has 0 aliphatic rings. The molecule has 0 amide bonds. The molecule has 1 aromatic carbocycles. The minimum Gasteiger partial charge on any atom is -0.431 e. The number of para-hydroxylation sites is 2. The van der Waals surface area contributed by atoms with Crippen LogP contribution in [0.25, 0.3) is 21.3 Å². The Bertz CT molecular complexity index is 1080. The zero-order valence-corrected chi connectivity index (χ0v) is 15.0. The molecule has 1 N–H and O–H groups in total. The van der Waals surface area contributed by atoms with Gasteiger partial charge >= 0.3 is 0 Å². The second kappa shape index (κ2) is 5.75. The number of nitrogens with zero attached hydrogens (tertiary/aromatic N) is 2. The summed E-state index contributed by atoms with van der Waals surface area (Å²) in [5.74, 6) is 0.640. The summed E-state index contributed by atoms with van der Waals surface area (Å²) in [6, 6.07) is 7.65. The molecule has 0 aliphatic carbocycles. The number of H-pyrrole nitrogens is 1. The lowest BCUT2D eigenvalue weighted by Crippen LogP contribution is -2.12. The molecule has 1 atom stereocenters. The molecular formula is C17H15N3O2S2. The molecule has 5 nitrogen and oxygen atoms in total. The first-order valence-electron chi connectivity index (χ1n) is 7.55. The Morgan fingerprint density at radius 3 is 2.83 bits per heavy atom. The number of aromatic amines is 1. The smallest absolute Gasteiger partial charge is 0.259 e. The number of aromatic nitrogens is 3. The van der Waals surface area contributed by atoms with Gasteiger partial charge < -0.3 is 9.40 Å². The van der Waals surface area contributed by atoms with Crippen LogP contribution in [0.5, 0.6) is 0 Å². The normalized spacial score (nSPS) is 13.0. The highest BCUT2D eigenvalue weighted by molar-refractivity contribution is 7.99. The highest BCUT2D eigenvalue weighted by Gasteiger charge is 2.18. The average molecular weight is 357 g/mol. The minimum absolute atomic E-state index is 0.0714. The number of oxazole rings is 1. The fourth-order valence-electron chi connectivity index (χ4n) is 2.57. The number of aryl methyl sites for hydroxylation is 2. The Hall–Kier alpha value is -2.12. The molecule has 3 heterocycles. The molecule has 4 rings (SSSR count). The minimum atomic E-state index is -0.0816. The highest BCUT2D eigenvalue weighted by Crippen LogP contribution is 2.35. The van der Waals surface area contributed by atoms with Crippen LogP contribution in [-0.4, -0.2) is 15.0 Å². The van der Waals surface area contributed by atoms with Crippen LogP contribution < -0.4 is 5.56 Å². The van der Waals surface area contributed by atoms with Crippen molar-refractivity contribution < 1.29 is 4.42 Å². The molecule has 24 heavy (non-hydrogen) atoms. The second-order valence-corrected chi connectivity index (χ2v) is 8.12. The van der Waals surface area contributed by atoms with Gasteiger partial charge in [0.05, 0.1) is 10.6 Å². The summed E-state index contributed by atoms with van der Waals surface area (Å²) >= 11 is 3.00. The fraction of sp³-hybridized carbons (Fsp3) is 0.235. The van der Waals surface area contributed by atoms with Gasteiger partial charge in [0.15, 0.2) is 5.58 Å². The van der Waals surface area contributed by atoms with E-state index in [9.17, 15) is 4.79 Å². The first kappa shape index (κ1) is 15.4. The quantitative estimate of drug-likeness (QED) is 0.543. The van der Waals surface area contributed by atoms with E-state index < -0.39 is 0 Å². The number of benzene rings is 1. The van der Waals surface area contributed by atoms with Crippen molar-refractivity contribution in [1.29, 1.82) is 0 Å². The highest BCUT2D eigenvalue weighted by atomic mass is 32.2. The van der Waals surface area contributed by atoms with Gasteiger partial charge in [0.1, 0.15) is 16.2 Å². The summed E-state index contributed by atoms with van der Waals surface area (Å²) in [5.41, 5.74) is 2.51. The van der Waals surface area contributed by atoms with Crippen molar-refractivity contribution in [1.82, 2.24) is 15.0 Å². The zero-order valence-electron chi connectivity index (χ0n) is 13.4. The molecule has 0 unspecified atom stereocenters. The van der Waals surface area contributed by atoms with Crippen LogP contribution in [0.15, 0.2) is 38.7 Å². The summed E-state index contributed by atoms with van der Waals surface area (Å²) in [5, 5.41) is 1.20. The topological polar surface area (TPSA) is 71.8 Å². The zero-order chi connectivity index (χ0) is 16.8. The Morgan fingerprint density at radius 1 is 1.25 bits per heavy atom. The van der Waals surface area contributed by atoms with Gasteiger partial charge in [-0.05, 0) is 38.5 Å². The number of nitrogens with one attached hydrogen (secondary N) is 1. The van der Waals surface area contributed by atoms with Crippen molar-refractivity contribution >= 4 is 44.4 Å². The lowest BCUT2D eigenvalue weighted by Gasteiger charge is -2.07. The van der Waals surface area contributed by atoms with Gasteiger partial charge in [-0.25, -0.2) is 9.97 Å². The predicted molar refractivity (Wildman–Crippen MR) is 98.0 cm³/mol. The third-order valence-electron chi connectivity index (χ3n) is 3.99. The molecule has 0 fully saturated rings. The van der Waals surface area contributed by atoms with Gasteiger partial charge in [-0.15, -0.1) is 11.3 Å². The molecule has 4 aromatic rings. The Balaban J connectivity index is 1.70. The predicted octanol–water partition coefficient (Wildman–Crippen LogP) is 4.60. The van der Waals surface area contributed by atoms with Crippen molar-refractivity contribution in [2.45, 2.75) is 31.2 Å². The maximum atomic E-state index is 12.4. The van der Waals surface area contributed by atoms with Crippen LogP contribution in [0.3, 0.4) is 0 Å². The number of hydrogen-bond acceptors (Lipinski definition) is 6. The van der Waals surface area contributed by atoms with E-state index in [1.807, 2.05) is 45.0 Å². The summed E-state index contributed by atoms with van der Waals surface area (Å²) in [6.07, 6.45) is 0. The summed E-state index contributed by atoms with van der Waals surface area (Å²) in [7, 11) is 0. The Labute approximate surface area is 146 Å². The van der Waals surface area contributed by atoms with Crippen molar-refractivity contribution in [2.75, 3.05) is 0 Å². The largest absolute Gasteiger partial charge is 0.431 e. The number of rotatable bonds is 3. The van der Waals surface area contributed by atoms with Gasteiger partial charge in [0.25, 0.3) is 10.8 Å². The maximum Gasteiger partial charge on any atom is 0.259 e. The standard InChI is InChI=1S/C17H15N3O2S2/c1-8-9(2)23-16-13(8)15(21)19-14(20-16)10(3)24-17-18-11-6-4-5-7-12(11)22-17/h4-7,10H,1-3H3,(H,19,20,21)/t10-/m1/s1. The molecule has 0 saturated carbocycles. The lowest BCUT2D eigenvalue weighted by atomic mass is 10.2. The Kier molecular flexibility index (Phi) is 3.69. The first-order chi connectivity index (χ1) is 11.5. The van der Waals surface area contributed by atoms with Crippen molar-refractivity contribution in [3.63, 3.8) is 0 Å². The van der Waals surface area contributed by atoms with Gasteiger partial charge in [0, 0.05) is 4.88 Å². The van der Waals surface area contributed by atoms with Crippen LogP contribution in [0.4, 0.5) is 0 Å². The van der Waals surface area contributed by atoms with E-state index in [-0.39, 0.29) is 10.8 Å². The second-order valence-electron chi connectivity index (χ2n) is 5.62. The molecule has 0 spiro atoms. The molecule has 7 heteroatoms. The molecule has 3 aromatic heterocycles. The van der Waals surface area contributed by atoms with E-state index >= 15 is 0 Å². The molecule has 0 saturated heterocycles. The third-order valence-corrected chi connectivity index (χ3v) is 6.05. The van der Waals surface area contributed by atoms with E-state index in [2.05, 4.69) is 15.0 Å². The monoisotopic (exact) mass is 357 g/mol.